The Balaban J connectivity index is 1.68. The molecule has 148 valence electrons. The lowest BCUT2D eigenvalue weighted by molar-refractivity contribution is 0.0492. The number of rotatable bonds is 7. The Kier molecular flexibility index (Phi) is 6.52. The maximum Gasteiger partial charge on any atom is 0.122 e. The minimum Gasteiger partial charge on any atom is -0.496 e. The van der Waals surface area contributed by atoms with E-state index >= 15 is 0 Å². The van der Waals surface area contributed by atoms with Crippen LogP contribution in [0.15, 0.2) is 18.2 Å². The van der Waals surface area contributed by atoms with E-state index in [1.165, 1.54) is 16.7 Å². The van der Waals surface area contributed by atoms with Crippen LogP contribution < -0.4 is 4.74 Å². The summed E-state index contributed by atoms with van der Waals surface area (Å²) in [5.41, 5.74) is 6.03. The molecule has 0 radical (unpaired) electrons. The number of piperazine rings is 1. The van der Waals surface area contributed by atoms with Gasteiger partial charge in [-0.3, -0.25) is 14.9 Å². The molecule has 1 aliphatic heterocycles. The summed E-state index contributed by atoms with van der Waals surface area (Å²) in [5, 5.41) is 17.0. The third-order valence-corrected chi connectivity index (χ3v) is 5.74. The van der Waals surface area contributed by atoms with Crippen molar-refractivity contribution >= 4 is 0 Å². The first-order valence-corrected chi connectivity index (χ1v) is 9.73. The molecule has 0 saturated carbocycles. The normalized spacial score (nSPS) is 18.8. The number of methoxy groups -OCH3 is 1. The average molecular weight is 373 g/mol. The lowest BCUT2D eigenvalue weighted by atomic mass is 10.00. The Labute approximate surface area is 162 Å². The molecule has 6 heteroatoms. The van der Waals surface area contributed by atoms with Crippen LogP contribution >= 0.6 is 0 Å². The second kappa shape index (κ2) is 8.87. The van der Waals surface area contributed by atoms with Crippen molar-refractivity contribution in [3.8, 4) is 5.75 Å². The summed E-state index contributed by atoms with van der Waals surface area (Å²) < 4.78 is 5.44. The quantitative estimate of drug-likeness (QED) is 0.781. The Morgan fingerprint density at radius 1 is 1.19 bits per heavy atom. The molecule has 0 amide bonds. The van der Waals surface area contributed by atoms with Crippen molar-refractivity contribution < 1.29 is 9.84 Å². The molecular weight excluding hydrogens is 340 g/mol. The molecule has 0 bridgehead atoms. The van der Waals surface area contributed by atoms with E-state index in [0.29, 0.717) is 6.04 Å². The van der Waals surface area contributed by atoms with Gasteiger partial charge in [-0.25, -0.2) is 0 Å². The fourth-order valence-electron chi connectivity index (χ4n) is 3.98. The lowest BCUT2D eigenvalue weighted by Gasteiger charge is -2.41. The number of nitrogens with one attached hydrogen (secondary N) is 1. The van der Waals surface area contributed by atoms with Crippen LogP contribution in [0.25, 0.3) is 0 Å². The first-order valence-electron chi connectivity index (χ1n) is 9.73. The zero-order valence-electron chi connectivity index (χ0n) is 17.0. The number of aryl methyl sites for hydroxylation is 1. The van der Waals surface area contributed by atoms with Crippen LogP contribution in [0, 0.1) is 20.8 Å². The molecule has 0 spiro atoms. The smallest absolute Gasteiger partial charge is 0.122 e. The van der Waals surface area contributed by atoms with Crippen LogP contribution in [0.2, 0.25) is 0 Å². The number of H-pyrrole nitrogens is 1. The standard InChI is InChI=1S/C21H32N4O2/c1-15-11-19(23-22-15)13-24-8-9-25(20(14-24)7-10-26)12-18-5-6-21(27-4)17(3)16(18)2/h5-6,11,20,26H,7-10,12-14H2,1-4H3,(H,22,23). The first kappa shape index (κ1) is 19.9. The maximum atomic E-state index is 9.57. The van der Waals surface area contributed by atoms with Crippen molar-refractivity contribution in [1.82, 2.24) is 20.0 Å². The SMILES string of the molecule is COc1ccc(CN2CCN(Cc3cc(C)[nH]n3)CC2CCO)c(C)c1C. The van der Waals surface area contributed by atoms with Gasteiger partial charge in [-0.1, -0.05) is 6.07 Å². The second-order valence-corrected chi connectivity index (χ2v) is 7.59. The van der Waals surface area contributed by atoms with Crippen molar-refractivity contribution in [2.24, 2.45) is 0 Å². The number of hydrogen-bond acceptors (Lipinski definition) is 5. The van der Waals surface area contributed by atoms with Gasteiger partial charge in [-0.15, -0.1) is 0 Å². The number of aromatic amines is 1. The van der Waals surface area contributed by atoms with Gasteiger partial charge in [-0.2, -0.15) is 5.10 Å². The fourth-order valence-corrected chi connectivity index (χ4v) is 3.98. The van der Waals surface area contributed by atoms with E-state index in [1.54, 1.807) is 7.11 Å². The van der Waals surface area contributed by atoms with Crippen LogP contribution in [0.3, 0.4) is 0 Å². The van der Waals surface area contributed by atoms with Crippen molar-refractivity contribution in [1.29, 1.82) is 0 Å². The van der Waals surface area contributed by atoms with E-state index in [2.05, 4.69) is 52.0 Å². The third-order valence-electron chi connectivity index (χ3n) is 5.74. The molecule has 27 heavy (non-hydrogen) atoms. The molecule has 1 aliphatic rings. The second-order valence-electron chi connectivity index (χ2n) is 7.59. The van der Waals surface area contributed by atoms with Crippen LogP contribution in [0.4, 0.5) is 0 Å². The molecule has 1 unspecified atom stereocenters. The summed E-state index contributed by atoms with van der Waals surface area (Å²) in [6.45, 7) is 11.3. The van der Waals surface area contributed by atoms with Gasteiger partial charge in [0.1, 0.15) is 5.75 Å². The predicted molar refractivity (Wildman–Crippen MR) is 107 cm³/mol. The Morgan fingerprint density at radius 2 is 2.00 bits per heavy atom. The van der Waals surface area contributed by atoms with E-state index in [4.69, 9.17) is 4.74 Å². The molecule has 1 atom stereocenters. The Morgan fingerprint density at radius 3 is 2.67 bits per heavy atom. The van der Waals surface area contributed by atoms with Crippen LogP contribution in [-0.4, -0.2) is 64.5 Å². The van der Waals surface area contributed by atoms with E-state index in [1.807, 2.05) is 6.92 Å². The third kappa shape index (κ3) is 4.69. The van der Waals surface area contributed by atoms with Crippen molar-refractivity contribution in [2.75, 3.05) is 33.4 Å². The van der Waals surface area contributed by atoms with Crippen molar-refractivity contribution in [3.63, 3.8) is 0 Å². The highest BCUT2D eigenvalue weighted by atomic mass is 16.5. The molecule has 3 rings (SSSR count). The molecule has 0 aliphatic carbocycles. The molecule has 2 heterocycles. The summed E-state index contributed by atoms with van der Waals surface area (Å²) in [5.74, 6) is 0.947. The minimum absolute atomic E-state index is 0.219. The number of hydrogen-bond donors (Lipinski definition) is 2. The molecule has 1 saturated heterocycles. The molecule has 2 aromatic rings. The number of aromatic nitrogens is 2. The molecule has 1 aromatic carbocycles. The highest BCUT2D eigenvalue weighted by molar-refractivity contribution is 5.43. The van der Waals surface area contributed by atoms with Gasteiger partial charge in [-0.05, 0) is 56.0 Å². The monoisotopic (exact) mass is 372 g/mol. The Hall–Kier alpha value is -1.89. The summed E-state index contributed by atoms with van der Waals surface area (Å²) in [6.07, 6.45) is 0.796. The first-order chi connectivity index (χ1) is 13.0. The number of nitrogens with zero attached hydrogens (tertiary/aromatic N) is 3. The van der Waals surface area contributed by atoms with E-state index in [9.17, 15) is 5.11 Å². The number of aliphatic hydroxyl groups excluding tert-OH is 1. The van der Waals surface area contributed by atoms with Gasteiger partial charge >= 0.3 is 0 Å². The predicted octanol–water partition coefficient (Wildman–Crippen LogP) is 2.41. The molecular formula is C21H32N4O2. The van der Waals surface area contributed by atoms with Gasteiger partial charge in [0.15, 0.2) is 0 Å². The molecule has 6 nitrogen and oxygen atoms in total. The number of aliphatic hydroxyl groups is 1. The van der Waals surface area contributed by atoms with Gasteiger partial charge in [0.05, 0.1) is 12.8 Å². The molecule has 1 aromatic heterocycles. The topological polar surface area (TPSA) is 64.6 Å². The Bertz CT molecular complexity index is 759. The van der Waals surface area contributed by atoms with Gasteiger partial charge in [0.25, 0.3) is 0 Å². The van der Waals surface area contributed by atoms with Crippen molar-refractivity contribution in [2.45, 2.75) is 46.3 Å². The van der Waals surface area contributed by atoms with Gasteiger partial charge in [0.2, 0.25) is 0 Å². The summed E-state index contributed by atoms with van der Waals surface area (Å²) in [6, 6.07) is 6.70. The van der Waals surface area contributed by atoms with E-state index in [-0.39, 0.29) is 6.61 Å². The van der Waals surface area contributed by atoms with E-state index < -0.39 is 0 Å². The van der Waals surface area contributed by atoms with Crippen LogP contribution in [-0.2, 0) is 13.1 Å². The van der Waals surface area contributed by atoms with Crippen molar-refractivity contribution in [3.05, 3.63) is 46.3 Å². The van der Waals surface area contributed by atoms with Gasteiger partial charge in [0, 0.05) is 51.1 Å². The zero-order valence-corrected chi connectivity index (χ0v) is 17.0. The zero-order chi connectivity index (χ0) is 19.4. The van der Waals surface area contributed by atoms with Crippen LogP contribution in [0.5, 0.6) is 5.75 Å². The van der Waals surface area contributed by atoms with E-state index in [0.717, 1.165) is 56.3 Å². The van der Waals surface area contributed by atoms with Crippen LogP contribution in [0.1, 0.15) is 34.5 Å². The molecule has 1 fully saturated rings. The fraction of sp³-hybridized carbons (Fsp3) is 0.571. The summed E-state index contributed by atoms with van der Waals surface area (Å²) in [4.78, 5) is 4.95. The largest absolute Gasteiger partial charge is 0.496 e. The lowest BCUT2D eigenvalue weighted by Crippen LogP contribution is -2.52. The number of ether oxygens (including phenoxy) is 1. The maximum absolute atomic E-state index is 9.57. The minimum atomic E-state index is 0.219. The highest BCUT2D eigenvalue weighted by Crippen LogP contribution is 2.26. The summed E-state index contributed by atoms with van der Waals surface area (Å²) in [7, 11) is 1.72. The van der Waals surface area contributed by atoms with Gasteiger partial charge < -0.3 is 9.84 Å². The molecule has 2 N–H and O–H groups in total. The number of benzene rings is 1. The average Bonchev–Trinajstić information content (AvgIpc) is 3.06. The highest BCUT2D eigenvalue weighted by Gasteiger charge is 2.27. The summed E-state index contributed by atoms with van der Waals surface area (Å²) >= 11 is 0.